The highest BCUT2D eigenvalue weighted by atomic mass is 35.5. The summed E-state index contributed by atoms with van der Waals surface area (Å²) in [5.74, 6) is -1.32. The zero-order valence-corrected chi connectivity index (χ0v) is 11.4. The molecule has 1 aromatic carbocycles. The number of hydrogen-bond acceptors (Lipinski definition) is 2. The summed E-state index contributed by atoms with van der Waals surface area (Å²) in [4.78, 5) is 22.9. The van der Waals surface area contributed by atoms with Gasteiger partial charge in [0.05, 0.1) is 5.92 Å². The van der Waals surface area contributed by atoms with Crippen molar-refractivity contribution in [3.05, 3.63) is 34.3 Å². The molecule has 0 radical (unpaired) electrons. The van der Waals surface area contributed by atoms with Crippen LogP contribution in [-0.4, -0.2) is 23.0 Å². The van der Waals surface area contributed by atoms with Crippen LogP contribution in [0.1, 0.15) is 35.2 Å². The number of amides is 1. The summed E-state index contributed by atoms with van der Waals surface area (Å²) < 4.78 is 0. The zero-order valence-electron chi connectivity index (χ0n) is 10.6. The minimum atomic E-state index is -0.782. The van der Waals surface area contributed by atoms with Crippen molar-refractivity contribution in [1.82, 2.24) is 5.32 Å². The first kappa shape index (κ1) is 13.9. The van der Waals surface area contributed by atoms with E-state index in [4.69, 9.17) is 16.7 Å². The predicted molar refractivity (Wildman–Crippen MR) is 72.4 cm³/mol. The molecular weight excluding hydrogens is 266 g/mol. The maximum absolute atomic E-state index is 12.0. The van der Waals surface area contributed by atoms with Gasteiger partial charge in [0, 0.05) is 16.6 Å². The number of carboxylic acid groups (broad SMARTS) is 1. The van der Waals surface area contributed by atoms with Gasteiger partial charge in [-0.05, 0) is 43.9 Å². The average molecular weight is 282 g/mol. The molecule has 5 heteroatoms. The number of aliphatic carboxylic acids is 1. The highest BCUT2D eigenvalue weighted by Gasteiger charge is 2.30. The standard InChI is InChI=1S/C14H16ClNO3/c1-8-2-3-9(7-12(8)15)13(17)16-11-5-4-10(6-11)14(18)19/h2-3,7,10-11H,4-6H2,1H3,(H,16,17)(H,18,19)/t10-,11+/m0/s1. The van der Waals surface area contributed by atoms with Crippen molar-refractivity contribution in [2.45, 2.75) is 32.2 Å². The summed E-state index contributed by atoms with van der Waals surface area (Å²) >= 11 is 5.98. The quantitative estimate of drug-likeness (QED) is 0.895. The van der Waals surface area contributed by atoms with E-state index in [1.165, 1.54) is 0 Å². The number of rotatable bonds is 3. The molecule has 0 heterocycles. The molecule has 19 heavy (non-hydrogen) atoms. The monoisotopic (exact) mass is 281 g/mol. The number of hydrogen-bond donors (Lipinski definition) is 2. The van der Waals surface area contributed by atoms with E-state index in [0.29, 0.717) is 29.8 Å². The fraction of sp³-hybridized carbons (Fsp3) is 0.429. The van der Waals surface area contributed by atoms with E-state index in [1.54, 1.807) is 18.2 Å². The smallest absolute Gasteiger partial charge is 0.306 e. The lowest BCUT2D eigenvalue weighted by Gasteiger charge is -2.13. The Balaban J connectivity index is 1.98. The van der Waals surface area contributed by atoms with Crippen LogP contribution in [0.4, 0.5) is 0 Å². The van der Waals surface area contributed by atoms with Gasteiger partial charge in [-0.2, -0.15) is 0 Å². The van der Waals surface area contributed by atoms with E-state index >= 15 is 0 Å². The molecule has 1 aliphatic carbocycles. The molecule has 1 aliphatic rings. The second kappa shape index (κ2) is 5.61. The molecular formula is C14H16ClNO3. The summed E-state index contributed by atoms with van der Waals surface area (Å²) in [5.41, 5.74) is 1.43. The molecule has 4 nitrogen and oxygen atoms in total. The minimum Gasteiger partial charge on any atom is -0.481 e. The van der Waals surface area contributed by atoms with Gasteiger partial charge in [-0.15, -0.1) is 0 Å². The van der Waals surface area contributed by atoms with Crippen molar-refractivity contribution in [1.29, 1.82) is 0 Å². The molecule has 1 fully saturated rings. The molecule has 2 N–H and O–H groups in total. The summed E-state index contributed by atoms with van der Waals surface area (Å²) in [5, 5.41) is 12.3. The van der Waals surface area contributed by atoms with Crippen molar-refractivity contribution in [3.63, 3.8) is 0 Å². The first-order chi connectivity index (χ1) is 8.97. The number of halogens is 1. The third-order valence-electron chi connectivity index (χ3n) is 3.55. The molecule has 1 amide bonds. The average Bonchev–Trinajstić information content (AvgIpc) is 2.81. The Labute approximate surface area is 116 Å². The van der Waals surface area contributed by atoms with E-state index in [9.17, 15) is 9.59 Å². The fourth-order valence-corrected chi connectivity index (χ4v) is 2.52. The largest absolute Gasteiger partial charge is 0.481 e. The van der Waals surface area contributed by atoms with Crippen LogP contribution in [0.5, 0.6) is 0 Å². The summed E-state index contributed by atoms with van der Waals surface area (Å²) in [7, 11) is 0. The Hall–Kier alpha value is -1.55. The number of carbonyl (C=O) groups excluding carboxylic acids is 1. The van der Waals surface area contributed by atoms with Crippen LogP contribution >= 0.6 is 11.6 Å². The highest BCUT2D eigenvalue weighted by molar-refractivity contribution is 6.31. The molecule has 0 aliphatic heterocycles. The Bertz CT molecular complexity index is 515. The number of aryl methyl sites for hydroxylation is 1. The second-order valence-electron chi connectivity index (χ2n) is 4.98. The molecule has 1 aromatic rings. The van der Waals surface area contributed by atoms with Crippen LogP contribution in [0.3, 0.4) is 0 Å². The minimum absolute atomic E-state index is 0.0614. The first-order valence-electron chi connectivity index (χ1n) is 6.27. The van der Waals surface area contributed by atoms with Gasteiger partial charge in [-0.3, -0.25) is 9.59 Å². The van der Waals surface area contributed by atoms with Crippen LogP contribution < -0.4 is 5.32 Å². The normalized spacial score (nSPS) is 22.2. The SMILES string of the molecule is Cc1ccc(C(=O)N[C@@H]2CC[C@H](C(=O)O)C2)cc1Cl. The van der Waals surface area contributed by atoms with E-state index in [-0.39, 0.29) is 17.9 Å². The summed E-state index contributed by atoms with van der Waals surface area (Å²) in [6, 6.07) is 5.09. The zero-order chi connectivity index (χ0) is 14.0. The molecule has 2 atom stereocenters. The van der Waals surface area contributed by atoms with E-state index in [0.717, 1.165) is 5.56 Å². The summed E-state index contributed by atoms with van der Waals surface area (Å²) in [6.45, 7) is 1.87. The van der Waals surface area contributed by atoms with Gasteiger partial charge >= 0.3 is 5.97 Å². The van der Waals surface area contributed by atoms with Gasteiger partial charge in [0.1, 0.15) is 0 Å². The third kappa shape index (κ3) is 3.26. The predicted octanol–water partition coefficient (Wildman–Crippen LogP) is 2.63. The van der Waals surface area contributed by atoms with Crippen LogP contribution in [0.15, 0.2) is 18.2 Å². The molecule has 0 spiro atoms. The van der Waals surface area contributed by atoms with Gasteiger partial charge in [0.15, 0.2) is 0 Å². The topological polar surface area (TPSA) is 66.4 Å². The van der Waals surface area contributed by atoms with Crippen LogP contribution in [0, 0.1) is 12.8 Å². The lowest BCUT2D eigenvalue weighted by molar-refractivity contribution is -0.141. The van der Waals surface area contributed by atoms with Crippen molar-refractivity contribution in [3.8, 4) is 0 Å². The van der Waals surface area contributed by atoms with Gasteiger partial charge in [0.2, 0.25) is 0 Å². The fourth-order valence-electron chi connectivity index (χ4n) is 2.34. The van der Waals surface area contributed by atoms with Crippen LogP contribution in [-0.2, 0) is 4.79 Å². The van der Waals surface area contributed by atoms with Crippen molar-refractivity contribution < 1.29 is 14.7 Å². The molecule has 0 aromatic heterocycles. The Kier molecular flexibility index (Phi) is 4.10. The maximum atomic E-state index is 12.0. The lowest BCUT2D eigenvalue weighted by atomic mass is 10.1. The van der Waals surface area contributed by atoms with Crippen molar-refractivity contribution in [2.24, 2.45) is 5.92 Å². The summed E-state index contributed by atoms with van der Waals surface area (Å²) in [6.07, 6.45) is 1.83. The second-order valence-corrected chi connectivity index (χ2v) is 5.39. The van der Waals surface area contributed by atoms with Gasteiger partial charge in [-0.25, -0.2) is 0 Å². The molecule has 1 saturated carbocycles. The Morgan fingerprint density at radius 2 is 2.11 bits per heavy atom. The van der Waals surface area contributed by atoms with Crippen LogP contribution in [0.2, 0.25) is 5.02 Å². The Morgan fingerprint density at radius 3 is 2.68 bits per heavy atom. The van der Waals surface area contributed by atoms with Crippen LogP contribution in [0.25, 0.3) is 0 Å². The highest BCUT2D eigenvalue weighted by Crippen LogP contribution is 2.26. The number of nitrogens with one attached hydrogen (secondary N) is 1. The number of carboxylic acids is 1. The van der Waals surface area contributed by atoms with E-state index in [1.807, 2.05) is 6.92 Å². The number of benzene rings is 1. The molecule has 102 valence electrons. The van der Waals surface area contributed by atoms with Crippen molar-refractivity contribution in [2.75, 3.05) is 0 Å². The van der Waals surface area contributed by atoms with Crippen molar-refractivity contribution >= 4 is 23.5 Å². The number of carbonyl (C=O) groups is 2. The van der Waals surface area contributed by atoms with E-state index < -0.39 is 5.97 Å². The van der Waals surface area contributed by atoms with E-state index in [2.05, 4.69) is 5.32 Å². The first-order valence-corrected chi connectivity index (χ1v) is 6.65. The maximum Gasteiger partial charge on any atom is 0.306 e. The molecule has 0 saturated heterocycles. The molecule has 0 bridgehead atoms. The molecule has 2 rings (SSSR count). The van der Waals surface area contributed by atoms with Gasteiger partial charge in [0.25, 0.3) is 5.91 Å². The lowest BCUT2D eigenvalue weighted by Crippen LogP contribution is -2.33. The van der Waals surface area contributed by atoms with Gasteiger partial charge < -0.3 is 10.4 Å². The van der Waals surface area contributed by atoms with Gasteiger partial charge in [-0.1, -0.05) is 17.7 Å². The Morgan fingerprint density at radius 1 is 1.37 bits per heavy atom. The molecule has 0 unspecified atom stereocenters. The third-order valence-corrected chi connectivity index (χ3v) is 3.96.